The number of aromatic amines is 1. The number of sulfone groups is 1. The summed E-state index contributed by atoms with van der Waals surface area (Å²) in [5, 5.41) is 2.91. The number of nitrogens with one attached hydrogen (secondary N) is 1. The van der Waals surface area contributed by atoms with Gasteiger partial charge in [-0.15, -0.1) is 0 Å². The molecule has 1 aromatic carbocycles. The van der Waals surface area contributed by atoms with Crippen LogP contribution in [-0.4, -0.2) is 43.3 Å². The number of piperidine rings is 1. The Morgan fingerprint density at radius 1 is 1.23 bits per heavy atom. The third kappa shape index (κ3) is 4.21. The highest BCUT2D eigenvalue weighted by Gasteiger charge is 2.30. The van der Waals surface area contributed by atoms with Crippen molar-refractivity contribution >= 4 is 32.9 Å². The van der Waals surface area contributed by atoms with Crippen LogP contribution in [-0.2, 0) is 15.4 Å². The molecule has 3 rings (SSSR count). The molecule has 1 unspecified atom stereocenters. The third-order valence-corrected chi connectivity index (χ3v) is 6.89. The molecule has 1 fully saturated rings. The van der Waals surface area contributed by atoms with Crippen molar-refractivity contribution < 1.29 is 13.2 Å². The first-order valence-electron chi connectivity index (χ1n) is 9.95. The Kier molecular flexibility index (Phi) is 5.95. The van der Waals surface area contributed by atoms with Gasteiger partial charge in [0.25, 0.3) is 5.56 Å². The number of hydrogen-bond donors (Lipinski definition) is 1. The Hall–Kier alpha value is -2.06. The molecule has 2 heterocycles. The Morgan fingerprint density at radius 2 is 1.90 bits per heavy atom. The number of hydrogen-bond acceptors (Lipinski definition) is 5. The van der Waals surface area contributed by atoms with Gasteiger partial charge in [0.1, 0.15) is 5.56 Å². The summed E-state index contributed by atoms with van der Waals surface area (Å²) in [5.74, 6) is -0.152. The fourth-order valence-corrected chi connectivity index (χ4v) is 5.21. The average molecular weight is 454 g/mol. The van der Waals surface area contributed by atoms with Gasteiger partial charge in [-0.25, -0.2) is 13.1 Å². The van der Waals surface area contributed by atoms with Crippen LogP contribution in [0.15, 0.2) is 28.0 Å². The molecule has 2 aromatic rings. The SMILES string of the molecule is CC1CCCN(c2c(S(C)(=O)=O)ccc(C(=O)c3c[nH]n(C(C)(C)C)c3=O)c2Cl)C1. The molecule has 0 saturated carbocycles. The third-order valence-electron chi connectivity index (χ3n) is 5.38. The number of H-pyrrole nitrogens is 1. The van der Waals surface area contributed by atoms with E-state index in [4.69, 9.17) is 11.6 Å². The van der Waals surface area contributed by atoms with Crippen LogP contribution in [0.2, 0.25) is 5.02 Å². The van der Waals surface area contributed by atoms with Crippen LogP contribution >= 0.6 is 11.6 Å². The molecule has 0 radical (unpaired) electrons. The molecular weight excluding hydrogens is 426 g/mol. The summed E-state index contributed by atoms with van der Waals surface area (Å²) < 4.78 is 26.2. The largest absolute Gasteiger partial charge is 0.369 e. The molecule has 0 aliphatic carbocycles. The van der Waals surface area contributed by atoms with Gasteiger partial charge in [0.2, 0.25) is 5.78 Å². The second-order valence-corrected chi connectivity index (χ2v) is 11.4. The summed E-state index contributed by atoms with van der Waals surface area (Å²) in [5.41, 5.74) is -0.521. The quantitative estimate of drug-likeness (QED) is 0.715. The highest BCUT2D eigenvalue weighted by atomic mass is 35.5. The molecule has 0 spiro atoms. The van der Waals surface area contributed by atoms with Crippen molar-refractivity contribution in [3.05, 3.63) is 44.8 Å². The predicted octanol–water partition coefficient (Wildman–Crippen LogP) is 3.46. The zero-order chi connectivity index (χ0) is 22.4. The van der Waals surface area contributed by atoms with Gasteiger partial charge in [0.05, 0.1) is 21.1 Å². The fraction of sp³-hybridized carbons (Fsp3) is 0.524. The van der Waals surface area contributed by atoms with E-state index >= 15 is 0 Å². The van der Waals surface area contributed by atoms with E-state index in [1.165, 1.54) is 23.0 Å². The van der Waals surface area contributed by atoms with E-state index in [-0.39, 0.29) is 21.0 Å². The maximum atomic E-state index is 13.2. The molecule has 1 aliphatic rings. The minimum Gasteiger partial charge on any atom is -0.369 e. The highest BCUT2D eigenvalue weighted by Crippen LogP contribution is 2.38. The Bertz CT molecular complexity index is 1140. The fourth-order valence-electron chi connectivity index (χ4n) is 3.88. The number of rotatable bonds is 4. The maximum Gasteiger partial charge on any atom is 0.278 e. The van der Waals surface area contributed by atoms with E-state index in [0.717, 1.165) is 19.1 Å². The second-order valence-electron chi connectivity index (χ2n) is 9.07. The molecule has 1 aliphatic heterocycles. The van der Waals surface area contributed by atoms with Gasteiger partial charge in [0.15, 0.2) is 9.84 Å². The summed E-state index contributed by atoms with van der Waals surface area (Å²) in [6.07, 6.45) is 4.47. The Balaban J connectivity index is 2.16. The van der Waals surface area contributed by atoms with Gasteiger partial charge < -0.3 is 10.00 Å². The summed E-state index contributed by atoms with van der Waals surface area (Å²) in [7, 11) is -3.56. The predicted molar refractivity (Wildman–Crippen MR) is 119 cm³/mol. The summed E-state index contributed by atoms with van der Waals surface area (Å²) in [6.45, 7) is 8.96. The lowest BCUT2D eigenvalue weighted by Crippen LogP contribution is -2.36. The van der Waals surface area contributed by atoms with Gasteiger partial charge in [-0.05, 0) is 51.7 Å². The molecule has 0 amide bonds. The van der Waals surface area contributed by atoms with Gasteiger partial charge in [0, 0.05) is 31.1 Å². The first-order valence-corrected chi connectivity index (χ1v) is 12.2. The van der Waals surface area contributed by atoms with Crippen LogP contribution in [0, 0.1) is 5.92 Å². The first-order chi connectivity index (χ1) is 13.8. The van der Waals surface area contributed by atoms with Crippen LogP contribution in [0.25, 0.3) is 0 Å². The van der Waals surface area contributed by atoms with Gasteiger partial charge in [-0.3, -0.25) is 9.59 Å². The van der Waals surface area contributed by atoms with E-state index in [1.54, 1.807) is 0 Å². The zero-order valence-electron chi connectivity index (χ0n) is 18.0. The number of nitrogens with zero attached hydrogens (tertiary/aromatic N) is 2. The van der Waals surface area contributed by atoms with E-state index in [0.29, 0.717) is 24.7 Å². The van der Waals surface area contributed by atoms with Gasteiger partial charge in [-0.1, -0.05) is 18.5 Å². The van der Waals surface area contributed by atoms with Crippen molar-refractivity contribution in [3.63, 3.8) is 0 Å². The van der Waals surface area contributed by atoms with Gasteiger partial charge >= 0.3 is 0 Å². The Labute approximate surface area is 181 Å². The Morgan fingerprint density at radius 3 is 2.43 bits per heavy atom. The van der Waals surface area contributed by atoms with Crippen LogP contribution in [0.4, 0.5) is 5.69 Å². The lowest BCUT2D eigenvalue weighted by atomic mass is 9.98. The van der Waals surface area contributed by atoms with Crippen molar-refractivity contribution in [2.45, 2.75) is 51.0 Å². The smallest absolute Gasteiger partial charge is 0.278 e. The van der Waals surface area contributed by atoms with E-state index < -0.39 is 26.7 Å². The number of carbonyl (C=O) groups is 1. The zero-order valence-corrected chi connectivity index (χ0v) is 19.5. The van der Waals surface area contributed by atoms with Crippen LogP contribution in [0.1, 0.15) is 56.5 Å². The van der Waals surface area contributed by atoms with Crippen LogP contribution in [0.3, 0.4) is 0 Å². The lowest BCUT2D eigenvalue weighted by Gasteiger charge is -2.34. The minimum absolute atomic E-state index is 0.0307. The highest BCUT2D eigenvalue weighted by molar-refractivity contribution is 7.90. The van der Waals surface area contributed by atoms with Crippen LogP contribution in [0.5, 0.6) is 0 Å². The van der Waals surface area contributed by atoms with E-state index in [2.05, 4.69) is 12.0 Å². The molecule has 0 bridgehead atoms. The number of carbonyl (C=O) groups excluding carboxylic acids is 1. The summed E-state index contributed by atoms with van der Waals surface area (Å²) in [4.78, 5) is 28.0. The normalized spacial score (nSPS) is 17.9. The molecule has 164 valence electrons. The molecule has 30 heavy (non-hydrogen) atoms. The number of halogens is 1. The van der Waals surface area contributed by atoms with Crippen molar-refractivity contribution in [1.29, 1.82) is 0 Å². The van der Waals surface area contributed by atoms with Crippen molar-refractivity contribution in [1.82, 2.24) is 9.78 Å². The molecule has 1 aromatic heterocycles. The minimum atomic E-state index is -3.56. The maximum absolute atomic E-state index is 13.2. The monoisotopic (exact) mass is 453 g/mol. The van der Waals surface area contributed by atoms with E-state index in [9.17, 15) is 18.0 Å². The average Bonchev–Trinajstić information content (AvgIpc) is 3.01. The molecule has 9 heteroatoms. The second kappa shape index (κ2) is 7.89. The molecule has 7 nitrogen and oxygen atoms in total. The number of aromatic nitrogens is 2. The lowest BCUT2D eigenvalue weighted by molar-refractivity contribution is 0.103. The topological polar surface area (TPSA) is 92.2 Å². The number of anilines is 1. The molecule has 1 atom stereocenters. The standard InChI is InChI=1S/C21H28ClN3O4S/c1-13-7-6-10-24(12-13)18-16(30(5,28)29)9-8-14(17(18)22)19(26)15-11-23-25(20(15)27)21(2,3)4/h8-9,11,13,23H,6-7,10,12H2,1-5H3. The number of benzene rings is 1. The van der Waals surface area contributed by atoms with Crippen molar-refractivity contribution in [2.24, 2.45) is 5.92 Å². The first kappa shape index (κ1) is 22.6. The van der Waals surface area contributed by atoms with E-state index in [1.807, 2.05) is 25.7 Å². The van der Waals surface area contributed by atoms with Gasteiger partial charge in [-0.2, -0.15) is 0 Å². The molecular formula is C21H28ClN3O4S. The number of ketones is 1. The van der Waals surface area contributed by atoms with Crippen molar-refractivity contribution in [2.75, 3.05) is 24.2 Å². The summed E-state index contributed by atoms with van der Waals surface area (Å²) >= 11 is 6.65. The molecule has 1 saturated heterocycles. The van der Waals surface area contributed by atoms with Crippen LogP contribution < -0.4 is 10.5 Å². The summed E-state index contributed by atoms with van der Waals surface area (Å²) in [6, 6.07) is 2.81. The van der Waals surface area contributed by atoms with Crippen molar-refractivity contribution in [3.8, 4) is 0 Å². The molecule has 1 N–H and O–H groups in total.